The van der Waals surface area contributed by atoms with E-state index in [1.807, 2.05) is 6.07 Å². The number of nitrogens with one attached hydrogen (secondary N) is 1. The van der Waals surface area contributed by atoms with Crippen LogP contribution in [0.5, 0.6) is 0 Å². The summed E-state index contributed by atoms with van der Waals surface area (Å²) in [5.41, 5.74) is 1.13. The number of amides is 1. The normalized spacial score (nSPS) is 16.0. The molecule has 1 aliphatic carbocycles. The van der Waals surface area contributed by atoms with Crippen molar-refractivity contribution in [3.63, 3.8) is 0 Å². The van der Waals surface area contributed by atoms with Gasteiger partial charge in [0.25, 0.3) is 5.91 Å². The Hall–Kier alpha value is -1.53. The van der Waals surface area contributed by atoms with Crippen LogP contribution in [0.4, 0.5) is 0 Å². The number of rotatable bonds is 4. The van der Waals surface area contributed by atoms with E-state index < -0.39 is 0 Å². The Kier molecular flexibility index (Phi) is 3.35. The van der Waals surface area contributed by atoms with Crippen LogP contribution >= 0.6 is 11.6 Å². The first-order valence-electron chi connectivity index (χ1n) is 5.53. The summed E-state index contributed by atoms with van der Waals surface area (Å²) in [7, 11) is 0. The summed E-state index contributed by atoms with van der Waals surface area (Å²) in [6.07, 6.45) is 2.16. The van der Waals surface area contributed by atoms with Gasteiger partial charge in [0.05, 0.1) is 11.6 Å². The van der Waals surface area contributed by atoms with Crippen molar-refractivity contribution in [1.29, 1.82) is 5.26 Å². The standard InChI is InChI=1S/C13H13ClN2O/c14-8-13(4-5-13)9-16-12(17)11-3-1-2-10(6-11)7-15/h1-3,6H,4-5,8-9H2,(H,16,17). The second-order valence-electron chi connectivity index (χ2n) is 4.51. The Morgan fingerprint density at radius 3 is 2.88 bits per heavy atom. The molecule has 0 radical (unpaired) electrons. The van der Waals surface area contributed by atoms with E-state index in [0.29, 0.717) is 23.6 Å². The molecule has 1 saturated carbocycles. The van der Waals surface area contributed by atoms with Crippen LogP contribution in [0.15, 0.2) is 24.3 Å². The molecule has 0 heterocycles. The highest BCUT2D eigenvalue weighted by Crippen LogP contribution is 2.45. The Balaban J connectivity index is 1.98. The van der Waals surface area contributed by atoms with Gasteiger partial charge < -0.3 is 5.32 Å². The SMILES string of the molecule is N#Cc1cccc(C(=O)NCC2(CCl)CC2)c1. The maximum atomic E-state index is 11.8. The summed E-state index contributed by atoms with van der Waals surface area (Å²) in [4.78, 5) is 11.8. The number of hydrogen-bond donors (Lipinski definition) is 1. The van der Waals surface area contributed by atoms with Crippen molar-refractivity contribution < 1.29 is 4.79 Å². The molecule has 0 unspecified atom stereocenters. The van der Waals surface area contributed by atoms with Gasteiger partial charge in [0.1, 0.15) is 0 Å². The van der Waals surface area contributed by atoms with Gasteiger partial charge in [-0.05, 0) is 31.0 Å². The van der Waals surface area contributed by atoms with Gasteiger partial charge >= 0.3 is 0 Å². The largest absolute Gasteiger partial charge is 0.351 e. The lowest BCUT2D eigenvalue weighted by atomic mass is 10.1. The third kappa shape index (κ3) is 2.78. The smallest absolute Gasteiger partial charge is 0.251 e. The summed E-state index contributed by atoms with van der Waals surface area (Å²) in [5.74, 6) is 0.449. The zero-order chi connectivity index (χ0) is 12.3. The van der Waals surface area contributed by atoms with Crippen molar-refractivity contribution in [3.05, 3.63) is 35.4 Å². The van der Waals surface area contributed by atoms with Gasteiger partial charge in [-0.2, -0.15) is 5.26 Å². The van der Waals surface area contributed by atoms with Crippen molar-refractivity contribution in [2.24, 2.45) is 5.41 Å². The first kappa shape index (κ1) is 11.9. The van der Waals surface area contributed by atoms with Gasteiger partial charge in [-0.15, -0.1) is 11.6 Å². The predicted octanol–water partition coefficient (Wildman–Crippen LogP) is 2.31. The molecule has 3 nitrogen and oxygen atoms in total. The molecule has 0 bridgehead atoms. The average Bonchev–Trinajstić information content (AvgIpc) is 3.17. The van der Waals surface area contributed by atoms with Crippen LogP contribution in [-0.2, 0) is 0 Å². The quantitative estimate of drug-likeness (QED) is 0.832. The molecule has 17 heavy (non-hydrogen) atoms. The minimum absolute atomic E-state index is 0.115. The number of carbonyl (C=O) groups is 1. The molecule has 0 atom stereocenters. The van der Waals surface area contributed by atoms with Crippen LogP contribution in [0.3, 0.4) is 0 Å². The second-order valence-corrected chi connectivity index (χ2v) is 4.78. The zero-order valence-electron chi connectivity index (χ0n) is 9.37. The fourth-order valence-corrected chi connectivity index (χ4v) is 2.00. The van der Waals surface area contributed by atoms with Crippen molar-refractivity contribution in [3.8, 4) is 6.07 Å². The molecule has 1 aromatic carbocycles. The van der Waals surface area contributed by atoms with E-state index in [9.17, 15) is 4.79 Å². The fraction of sp³-hybridized carbons (Fsp3) is 0.385. The first-order valence-corrected chi connectivity index (χ1v) is 6.07. The number of hydrogen-bond acceptors (Lipinski definition) is 2. The van der Waals surface area contributed by atoms with Crippen LogP contribution in [-0.4, -0.2) is 18.3 Å². The molecule has 0 aliphatic heterocycles. The minimum atomic E-state index is -0.140. The number of halogens is 1. The maximum absolute atomic E-state index is 11.8. The summed E-state index contributed by atoms with van der Waals surface area (Å²) in [6, 6.07) is 8.70. The number of carbonyl (C=O) groups excluding carboxylic acids is 1. The van der Waals surface area contributed by atoms with E-state index in [0.717, 1.165) is 12.8 Å². The summed E-state index contributed by atoms with van der Waals surface area (Å²) >= 11 is 5.84. The summed E-state index contributed by atoms with van der Waals surface area (Å²) in [6.45, 7) is 0.617. The van der Waals surface area contributed by atoms with E-state index in [1.165, 1.54) is 0 Å². The number of benzene rings is 1. The molecule has 88 valence electrons. The third-order valence-electron chi connectivity index (χ3n) is 3.12. The molecule has 2 rings (SSSR count). The van der Waals surface area contributed by atoms with Gasteiger partial charge in [0.15, 0.2) is 0 Å². The third-order valence-corrected chi connectivity index (χ3v) is 3.69. The zero-order valence-corrected chi connectivity index (χ0v) is 10.1. The van der Waals surface area contributed by atoms with Crippen LogP contribution in [0.25, 0.3) is 0 Å². The molecule has 1 N–H and O–H groups in total. The molecular formula is C13H13ClN2O. The van der Waals surface area contributed by atoms with Crippen molar-refractivity contribution in [2.75, 3.05) is 12.4 Å². The Labute approximate surface area is 105 Å². The van der Waals surface area contributed by atoms with E-state index in [1.54, 1.807) is 24.3 Å². The van der Waals surface area contributed by atoms with Gasteiger partial charge in [0.2, 0.25) is 0 Å². The van der Waals surface area contributed by atoms with Gasteiger partial charge in [0, 0.05) is 23.4 Å². The highest BCUT2D eigenvalue weighted by atomic mass is 35.5. The molecule has 0 saturated heterocycles. The molecule has 1 amide bonds. The molecule has 1 aromatic rings. The lowest BCUT2D eigenvalue weighted by Crippen LogP contribution is -2.31. The average molecular weight is 249 g/mol. The highest BCUT2D eigenvalue weighted by molar-refractivity contribution is 6.18. The van der Waals surface area contributed by atoms with E-state index in [-0.39, 0.29) is 11.3 Å². The number of alkyl halides is 1. The minimum Gasteiger partial charge on any atom is -0.351 e. The van der Waals surface area contributed by atoms with Crippen molar-refractivity contribution in [1.82, 2.24) is 5.32 Å². The highest BCUT2D eigenvalue weighted by Gasteiger charge is 2.41. The maximum Gasteiger partial charge on any atom is 0.251 e. The summed E-state index contributed by atoms with van der Waals surface area (Å²) in [5, 5.41) is 11.6. The van der Waals surface area contributed by atoms with E-state index in [4.69, 9.17) is 16.9 Å². The topological polar surface area (TPSA) is 52.9 Å². The van der Waals surface area contributed by atoms with Crippen molar-refractivity contribution in [2.45, 2.75) is 12.8 Å². The molecule has 4 heteroatoms. The molecule has 1 aliphatic rings. The summed E-state index contributed by atoms with van der Waals surface area (Å²) < 4.78 is 0. The lowest BCUT2D eigenvalue weighted by molar-refractivity contribution is 0.0946. The first-order chi connectivity index (χ1) is 8.19. The van der Waals surface area contributed by atoms with Crippen LogP contribution in [0, 0.1) is 16.7 Å². The monoisotopic (exact) mass is 248 g/mol. The molecule has 0 aromatic heterocycles. The number of nitrogens with zero attached hydrogens (tertiary/aromatic N) is 1. The molecular weight excluding hydrogens is 236 g/mol. The van der Waals surface area contributed by atoms with E-state index in [2.05, 4.69) is 5.32 Å². The van der Waals surface area contributed by atoms with Crippen LogP contribution in [0.1, 0.15) is 28.8 Å². The van der Waals surface area contributed by atoms with E-state index >= 15 is 0 Å². The van der Waals surface area contributed by atoms with Gasteiger partial charge in [-0.3, -0.25) is 4.79 Å². The Morgan fingerprint density at radius 2 is 2.29 bits per heavy atom. The fourth-order valence-electron chi connectivity index (χ4n) is 1.63. The molecule has 1 fully saturated rings. The Morgan fingerprint density at radius 1 is 1.53 bits per heavy atom. The van der Waals surface area contributed by atoms with Crippen LogP contribution < -0.4 is 5.32 Å². The lowest BCUT2D eigenvalue weighted by Gasteiger charge is -2.12. The number of nitriles is 1. The van der Waals surface area contributed by atoms with Gasteiger partial charge in [-0.1, -0.05) is 6.07 Å². The van der Waals surface area contributed by atoms with Gasteiger partial charge in [-0.25, -0.2) is 0 Å². The molecule has 0 spiro atoms. The Bertz CT molecular complexity index is 475. The predicted molar refractivity (Wildman–Crippen MR) is 65.9 cm³/mol. The van der Waals surface area contributed by atoms with Crippen LogP contribution in [0.2, 0.25) is 0 Å². The second kappa shape index (κ2) is 4.77. The van der Waals surface area contributed by atoms with Crippen molar-refractivity contribution >= 4 is 17.5 Å².